The Morgan fingerprint density at radius 3 is 3.12 bits per heavy atom. The number of nitrogen functional groups attached to an aromatic ring is 1. The van der Waals surface area contributed by atoms with E-state index in [1.54, 1.807) is 10.9 Å². The molecule has 1 aromatic heterocycles. The smallest absolute Gasteiger partial charge is 0.358 e. The van der Waals surface area contributed by atoms with Crippen LogP contribution in [0, 0.1) is 0 Å². The number of anilines is 1. The van der Waals surface area contributed by atoms with Crippen molar-refractivity contribution in [1.82, 2.24) is 9.78 Å². The van der Waals surface area contributed by atoms with Crippen LogP contribution in [0.5, 0.6) is 0 Å². The summed E-state index contributed by atoms with van der Waals surface area (Å²) in [7, 11) is 0. The fraction of sp³-hybridized carbons (Fsp3) is 0.636. The summed E-state index contributed by atoms with van der Waals surface area (Å²) in [5, 5.41) is 12.7. The molecule has 1 unspecified atom stereocenters. The molecule has 0 bridgehead atoms. The third kappa shape index (κ3) is 2.97. The minimum Gasteiger partial charge on any atom is -0.476 e. The second-order valence-electron chi connectivity index (χ2n) is 4.28. The Morgan fingerprint density at radius 1 is 1.71 bits per heavy atom. The third-order valence-electron chi connectivity index (χ3n) is 2.93. The third-order valence-corrected chi connectivity index (χ3v) is 2.93. The number of aryl methyl sites for hydroxylation is 1. The van der Waals surface area contributed by atoms with Gasteiger partial charge in [0.2, 0.25) is 0 Å². The molecule has 1 aliphatic heterocycles. The Morgan fingerprint density at radius 2 is 2.53 bits per heavy atom. The van der Waals surface area contributed by atoms with E-state index in [4.69, 9.17) is 15.6 Å². The van der Waals surface area contributed by atoms with Gasteiger partial charge in [0.1, 0.15) is 0 Å². The Kier molecular flexibility index (Phi) is 3.63. The summed E-state index contributed by atoms with van der Waals surface area (Å²) in [6.45, 7) is 1.54. The van der Waals surface area contributed by atoms with Gasteiger partial charge in [0.05, 0.1) is 11.8 Å². The highest BCUT2D eigenvalue weighted by atomic mass is 16.5. The van der Waals surface area contributed by atoms with Crippen molar-refractivity contribution in [3.8, 4) is 0 Å². The molecule has 2 heterocycles. The van der Waals surface area contributed by atoms with Crippen LogP contribution in [0.1, 0.15) is 36.2 Å². The zero-order valence-electron chi connectivity index (χ0n) is 9.63. The lowest BCUT2D eigenvalue weighted by atomic mass is 10.1. The molecule has 1 aromatic rings. The summed E-state index contributed by atoms with van der Waals surface area (Å²) < 4.78 is 7.10. The van der Waals surface area contributed by atoms with Crippen molar-refractivity contribution < 1.29 is 14.6 Å². The SMILES string of the molecule is Nc1cn(CCCC2CCCO2)nc1C(=O)O. The van der Waals surface area contributed by atoms with E-state index in [1.165, 1.54) is 0 Å². The molecule has 1 aliphatic rings. The Hall–Kier alpha value is -1.56. The number of nitrogens with two attached hydrogens (primary N) is 1. The fourth-order valence-corrected chi connectivity index (χ4v) is 2.07. The summed E-state index contributed by atoms with van der Waals surface area (Å²) >= 11 is 0. The highest BCUT2D eigenvalue weighted by Crippen LogP contribution is 2.17. The van der Waals surface area contributed by atoms with Gasteiger partial charge in [0, 0.05) is 19.3 Å². The van der Waals surface area contributed by atoms with E-state index in [0.29, 0.717) is 12.6 Å². The molecule has 1 atom stereocenters. The van der Waals surface area contributed by atoms with Crippen molar-refractivity contribution in [2.75, 3.05) is 12.3 Å². The number of carbonyl (C=O) groups is 1. The highest BCUT2D eigenvalue weighted by molar-refractivity contribution is 5.91. The number of ether oxygens (including phenoxy) is 1. The molecule has 94 valence electrons. The summed E-state index contributed by atoms with van der Waals surface area (Å²) in [6, 6.07) is 0. The van der Waals surface area contributed by atoms with E-state index in [1.807, 2.05) is 0 Å². The number of aromatic carboxylic acids is 1. The van der Waals surface area contributed by atoms with Crippen LogP contribution >= 0.6 is 0 Å². The predicted octanol–water partition coefficient (Wildman–Crippen LogP) is 1.12. The highest BCUT2D eigenvalue weighted by Gasteiger charge is 2.16. The number of hydrogen-bond acceptors (Lipinski definition) is 4. The normalized spacial score (nSPS) is 19.6. The van der Waals surface area contributed by atoms with Gasteiger partial charge < -0.3 is 15.6 Å². The first-order valence-corrected chi connectivity index (χ1v) is 5.84. The summed E-state index contributed by atoms with van der Waals surface area (Å²) in [5.41, 5.74) is 5.70. The van der Waals surface area contributed by atoms with E-state index < -0.39 is 5.97 Å². The van der Waals surface area contributed by atoms with Gasteiger partial charge in [-0.15, -0.1) is 0 Å². The average Bonchev–Trinajstić information content (AvgIpc) is 2.88. The molecule has 3 N–H and O–H groups in total. The zero-order chi connectivity index (χ0) is 12.3. The van der Waals surface area contributed by atoms with Gasteiger partial charge >= 0.3 is 5.97 Å². The first-order valence-electron chi connectivity index (χ1n) is 5.84. The summed E-state index contributed by atoms with van der Waals surface area (Å²) in [6.07, 6.45) is 6.11. The lowest BCUT2D eigenvalue weighted by Gasteiger charge is -2.08. The molecule has 17 heavy (non-hydrogen) atoms. The van der Waals surface area contributed by atoms with Crippen molar-refractivity contribution in [2.45, 2.75) is 38.3 Å². The van der Waals surface area contributed by atoms with Gasteiger partial charge in [-0.3, -0.25) is 4.68 Å². The van der Waals surface area contributed by atoms with E-state index in [-0.39, 0.29) is 11.4 Å². The van der Waals surface area contributed by atoms with Crippen molar-refractivity contribution in [3.05, 3.63) is 11.9 Å². The number of carboxylic acids is 1. The van der Waals surface area contributed by atoms with Crippen molar-refractivity contribution in [3.63, 3.8) is 0 Å². The molecule has 0 aliphatic carbocycles. The molecular formula is C11H17N3O3. The molecule has 0 radical (unpaired) electrons. The maximum absolute atomic E-state index is 10.7. The van der Waals surface area contributed by atoms with Crippen LogP contribution in [0.25, 0.3) is 0 Å². The van der Waals surface area contributed by atoms with Crippen molar-refractivity contribution in [1.29, 1.82) is 0 Å². The second kappa shape index (κ2) is 5.18. The molecule has 2 rings (SSSR count). The lowest BCUT2D eigenvalue weighted by molar-refractivity contribution is 0.0690. The monoisotopic (exact) mass is 239 g/mol. The molecule has 0 amide bonds. The fourth-order valence-electron chi connectivity index (χ4n) is 2.07. The predicted molar refractivity (Wildman–Crippen MR) is 61.8 cm³/mol. The van der Waals surface area contributed by atoms with Gasteiger partial charge in [-0.05, 0) is 25.7 Å². The molecule has 6 heteroatoms. The maximum Gasteiger partial charge on any atom is 0.358 e. The number of carboxylic acid groups (broad SMARTS) is 1. The summed E-state index contributed by atoms with van der Waals surface area (Å²) in [5.74, 6) is -1.08. The Bertz CT molecular complexity index is 397. The minimum absolute atomic E-state index is 0.0675. The quantitative estimate of drug-likeness (QED) is 0.803. The lowest BCUT2D eigenvalue weighted by Crippen LogP contribution is -2.08. The maximum atomic E-state index is 10.7. The van der Waals surface area contributed by atoms with Crippen LogP contribution in [0.3, 0.4) is 0 Å². The Balaban J connectivity index is 1.82. The number of nitrogens with zero attached hydrogens (tertiary/aromatic N) is 2. The molecule has 1 saturated heterocycles. The van der Waals surface area contributed by atoms with Crippen LogP contribution in [-0.2, 0) is 11.3 Å². The van der Waals surface area contributed by atoms with Gasteiger partial charge in [-0.1, -0.05) is 0 Å². The van der Waals surface area contributed by atoms with Crippen LogP contribution in [0.4, 0.5) is 5.69 Å². The number of rotatable bonds is 5. The zero-order valence-corrected chi connectivity index (χ0v) is 9.63. The van der Waals surface area contributed by atoms with Crippen LogP contribution in [0.2, 0.25) is 0 Å². The van der Waals surface area contributed by atoms with Gasteiger partial charge in [-0.2, -0.15) is 5.10 Å². The van der Waals surface area contributed by atoms with Crippen molar-refractivity contribution >= 4 is 11.7 Å². The van der Waals surface area contributed by atoms with Crippen LogP contribution < -0.4 is 5.73 Å². The first-order chi connectivity index (χ1) is 8.16. The molecule has 6 nitrogen and oxygen atoms in total. The van der Waals surface area contributed by atoms with Crippen LogP contribution in [-0.4, -0.2) is 33.6 Å². The summed E-state index contributed by atoms with van der Waals surface area (Å²) in [4.78, 5) is 10.7. The largest absolute Gasteiger partial charge is 0.476 e. The van der Waals surface area contributed by atoms with Gasteiger partial charge in [-0.25, -0.2) is 4.79 Å². The number of aromatic nitrogens is 2. The van der Waals surface area contributed by atoms with E-state index in [9.17, 15) is 4.79 Å². The minimum atomic E-state index is -1.08. The van der Waals surface area contributed by atoms with Crippen LogP contribution in [0.15, 0.2) is 6.20 Å². The van der Waals surface area contributed by atoms with Crippen molar-refractivity contribution in [2.24, 2.45) is 0 Å². The molecule has 1 fully saturated rings. The molecule has 0 spiro atoms. The average molecular weight is 239 g/mol. The standard InChI is InChI=1S/C11H17N3O3/c12-9-7-14(13-10(9)11(15)16)5-1-3-8-4-2-6-17-8/h7-8H,1-6,12H2,(H,15,16). The molecule has 0 saturated carbocycles. The van der Waals surface area contributed by atoms with Gasteiger partial charge in [0.15, 0.2) is 5.69 Å². The molecular weight excluding hydrogens is 222 g/mol. The van der Waals surface area contributed by atoms with Gasteiger partial charge in [0.25, 0.3) is 0 Å². The van der Waals surface area contributed by atoms with E-state index >= 15 is 0 Å². The molecule has 0 aromatic carbocycles. The first kappa shape index (κ1) is 11.9. The number of hydrogen-bond donors (Lipinski definition) is 2. The van der Waals surface area contributed by atoms with E-state index in [0.717, 1.165) is 32.3 Å². The van der Waals surface area contributed by atoms with E-state index in [2.05, 4.69) is 5.10 Å². The Labute approximate surface area is 99.4 Å². The second-order valence-corrected chi connectivity index (χ2v) is 4.28. The topological polar surface area (TPSA) is 90.4 Å².